The first-order chi connectivity index (χ1) is 12.0. The van der Waals surface area contributed by atoms with E-state index < -0.39 is 10.8 Å². The van der Waals surface area contributed by atoms with Gasteiger partial charge in [-0.05, 0) is 52.3 Å². The van der Waals surface area contributed by atoms with Crippen molar-refractivity contribution in [3.8, 4) is 0 Å². The number of nitro groups is 1. The molecule has 0 aliphatic carbocycles. The molecule has 0 aromatic heterocycles. The highest BCUT2D eigenvalue weighted by atomic mass is 79.9. The number of hydrogen-bond donors (Lipinski definition) is 1. The Morgan fingerprint density at radius 3 is 2.48 bits per heavy atom. The summed E-state index contributed by atoms with van der Waals surface area (Å²) in [6.07, 6.45) is 0. The number of amides is 1. The van der Waals surface area contributed by atoms with Crippen molar-refractivity contribution in [1.82, 2.24) is 0 Å². The SMILES string of the molecule is O=C(Nc1ccc(N2CCOCC2)cc1)c1ccc(Br)c([N+](=O)[O-])c1. The molecule has 1 amide bonds. The maximum absolute atomic E-state index is 12.3. The van der Waals surface area contributed by atoms with Gasteiger partial charge in [-0.25, -0.2) is 0 Å². The number of benzene rings is 2. The number of nitro benzene ring substituents is 1. The third-order valence-electron chi connectivity index (χ3n) is 3.91. The van der Waals surface area contributed by atoms with Gasteiger partial charge in [0.2, 0.25) is 0 Å². The summed E-state index contributed by atoms with van der Waals surface area (Å²) < 4.78 is 5.67. The maximum Gasteiger partial charge on any atom is 0.284 e. The monoisotopic (exact) mass is 405 g/mol. The number of rotatable bonds is 4. The van der Waals surface area contributed by atoms with Crippen LogP contribution < -0.4 is 10.2 Å². The summed E-state index contributed by atoms with van der Waals surface area (Å²) in [4.78, 5) is 25.0. The van der Waals surface area contributed by atoms with Gasteiger partial charge in [-0.3, -0.25) is 14.9 Å². The Morgan fingerprint density at radius 2 is 1.84 bits per heavy atom. The molecule has 8 heteroatoms. The molecule has 7 nitrogen and oxygen atoms in total. The first kappa shape index (κ1) is 17.4. The molecule has 0 atom stereocenters. The van der Waals surface area contributed by atoms with Gasteiger partial charge in [-0.1, -0.05) is 0 Å². The third-order valence-corrected chi connectivity index (χ3v) is 4.58. The van der Waals surface area contributed by atoms with E-state index in [1.54, 1.807) is 0 Å². The Bertz CT molecular complexity index is 789. The highest BCUT2D eigenvalue weighted by molar-refractivity contribution is 9.10. The molecule has 0 unspecified atom stereocenters. The van der Waals surface area contributed by atoms with Gasteiger partial charge in [-0.2, -0.15) is 0 Å². The van der Waals surface area contributed by atoms with Crippen molar-refractivity contribution in [2.45, 2.75) is 0 Å². The van der Waals surface area contributed by atoms with Crippen LogP contribution in [0.2, 0.25) is 0 Å². The minimum absolute atomic E-state index is 0.143. The van der Waals surface area contributed by atoms with Gasteiger partial charge in [0.1, 0.15) is 0 Å². The smallest absolute Gasteiger partial charge is 0.284 e. The minimum Gasteiger partial charge on any atom is -0.378 e. The van der Waals surface area contributed by atoms with Crippen LogP contribution in [0.4, 0.5) is 17.1 Å². The number of carbonyl (C=O) groups is 1. The Morgan fingerprint density at radius 1 is 1.16 bits per heavy atom. The van der Waals surface area contributed by atoms with E-state index in [4.69, 9.17) is 4.74 Å². The van der Waals surface area contributed by atoms with Gasteiger partial charge in [-0.15, -0.1) is 0 Å². The molecule has 1 aliphatic heterocycles. The van der Waals surface area contributed by atoms with Crippen molar-refractivity contribution >= 4 is 38.9 Å². The minimum atomic E-state index is -0.530. The second kappa shape index (κ2) is 7.62. The van der Waals surface area contributed by atoms with Crippen LogP contribution in [0.1, 0.15) is 10.4 Å². The Hall–Kier alpha value is -2.45. The average molecular weight is 406 g/mol. The fourth-order valence-corrected chi connectivity index (χ4v) is 2.97. The van der Waals surface area contributed by atoms with Gasteiger partial charge < -0.3 is 15.0 Å². The lowest BCUT2D eigenvalue weighted by Gasteiger charge is -2.28. The molecule has 2 aromatic carbocycles. The standard InChI is InChI=1S/C17H16BrN3O4/c18-15-6-1-12(11-16(15)21(23)24)17(22)19-13-2-4-14(5-3-13)20-7-9-25-10-8-20/h1-6,11H,7-10H2,(H,19,22). The van der Waals surface area contributed by atoms with Gasteiger partial charge in [0.15, 0.2) is 0 Å². The molecule has 1 heterocycles. The lowest BCUT2D eigenvalue weighted by molar-refractivity contribution is -0.385. The van der Waals surface area contributed by atoms with Crippen molar-refractivity contribution < 1.29 is 14.5 Å². The summed E-state index contributed by atoms with van der Waals surface area (Å²) in [5, 5.41) is 13.7. The van der Waals surface area contributed by atoms with Crippen LogP contribution in [0, 0.1) is 10.1 Å². The first-order valence-corrected chi connectivity index (χ1v) is 8.52. The molecule has 1 saturated heterocycles. The molecule has 130 valence electrons. The molecule has 1 aliphatic rings. The number of hydrogen-bond acceptors (Lipinski definition) is 5. The molecule has 25 heavy (non-hydrogen) atoms. The third kappa shape index (κ3) is 4.15. The number of ether oxygens (including phenoxy) is 1. The van der Waals surface area contributed by atoms with Crippen molar-refractivity contribution in [3.05, 3.63) is 62.6 Å². The Balaban J connectivity index is 1.70. The zero-order valence-electron chi connectivity index (χ0n) is 13.3. The molecule has 0 saturated carbocycles. The lowest BCUT2D eigenvalue weighted by Crippen LogP contribution is -2.36. The van der Waals surface area contributed by atoms with Crippen LogP contribution in [0.5, 0.6) is 0 Å². The van der Waals surface area contributed by atoms with E-state index in [-0.39, 0.29) is 11.3 Å². The van der Waals surface area contributed by atoms with E-state index in [9.17, 15) is 14.9 Å². The fourth-order valence-electron chi connectivity index (χ4n) is 2.57. The summed E-state index contributed by atoms with van der Waals surface area (Å²) in [5.41, 5.74) is 1.79. The lowest BCUT2D eigenvalue weighted by atomic mass is 10.2. The average Bonchev–Trinajstić information content (AvgIpc) is 2.63. The predicted molar refractivity (Wildman–Crippen MR) is 98.2 cm³/mol. The van der Waals surface area contributed by atoms with Crippen LogP contribution in [-0.4, -0.2) is 37.1 Å². The summed E-state index contributed by atoms with van der Waals surface area (Å²) in [6.45, 7) is 3.10. The van der Waals surface area contributed by atoms with Crippen molar-refractivity contribution in [2.75, 3.05) is 36.5 Å². The quantitative estimate of drug-likeness (QED) is 0.621. The van der Waals surface area contributed by atoms with Crippen LogP contribution in [-0.2, 0) is 4.74 Å². The normalized spacial score (nSPS) is 14.2. The topological polar surface area (TPSA) is 84.7 Å². The second-order valence-electron chi connectivity index (χ2n) is 5.52. The second-order valence-corrected chi connectivity index (χ2v) is 6.38. The molecule has 1 N–H and O–H groups in total. The van der Waals surface area contributed by atoms with Crippen LogP contribution in [0.3, 0.4) is 0 Å². The highest BCUT2D eigenvalue weighted by Gasteiger charge is 2.16. The summed E-state index contributed by atoms with van der Waals surface area (Å²) in [5.74, 6) is -0.394. The van der Waals surface area contributed by atoms with E-state index in [2.05, 4.69) is 26.1 Å². The van der Waals surface area contributed by atoms with E-state index in [1.807, 2.05) is 24.3 Å². The van der Waals surface area contributed by atoms with Crippen LogP contribution >= 0.6 is 15.9 Å². The van der Waals surface area contributed by atoms with Crippen molar-refractivity contribution in [3.63, 3.8) is 0 Å². The molecule has 0 radical (unpaired) electrons. The summed E-state index contributed by atoms with van der Waals surface area (Å²) in [7, 11) is 0. The number of carbonyl (C=O) groups excluding carboxylic acids is 1. The zero-order valence-corrected chi connectivity index (χ0v) is 14.9. The Kier molecular flexibility index (Phi) is 5.30. The van der Waals surface area contributed by atoms with Crippen molar-refractivity contribution in [1.29, 1.82) is 0 Å². The Labute approximate surface area is 152 Å². The van der Waals surface area contributed by atoms with Gasteiger partial charge >= 0.3 is 0 Å². The molecule has 3 rings (SSSR count). The van der Waals surface area contributed by atoms with E-state index in [0.717, 1.165) is 18.8 Å². The number of nitrogens with zero attached hydrogens (tertiary/aromatic N) is 2. The first-order valence-electron chi connectivity index (χ1n) is 7.72. The summed E-state index contributed by atoms with van der Waals surface area (Å²) in [6, 6.07) is 11.8. The van der Waals surface area contributed by atoms with Crippen LogP contribution in [0.15, 0.2) is 46.9 Å². The van der Waals surface area contributed by atoms with Gasteiger partial charge in [0, 0.05) is 36.1 Å². The predicted octanol–water partition coefficient (Wildman–Crippen LogP) is 3.45. The largest absolute Gasteiger partial charge is 0.378 e. The molecule has 0 spiro atoms. The van der Waals surface area contributed by atoms with E-state index >= 15 is 0 Å². The fraction of sp³-hybridized carbons (Fsp3) is 0.235. The number of nitrogens with one attached hydrogen (secondary N) is 1. The molecule has 2 aromatic rings. The molecular formula is C17H16BrN3O4. The highest BCUT2D eigenvalue weighted by Crippen LogP contribution is 2.26. The molecule has 0 bridgehead atoms. The summed E-state index contributed by atoms with van der Waals surface area (Å²) >= 11 is 3.11. The van der Waals surface area contributed by atoms with Gasteiger partial charge in [0.25, 0.3) is 11.6 Å². The van der Waals surface area contributed by atoms with E-state index in [1.165, 1.54) is 18.2 Å². The van der Waals surface area contributed by atoms with Crippen molar-refractivity contribution in [2.24, 2.45) is 0 Å². The molecule has 1 fully saturated rings. The van der Waals surface area contributed by atoms with Crippen LogP contribution in [0.25, 0.3) is 0 Å². The van der Waals surface area contributed by atoms with Gasteiger partial charge in [0.05, 0.1) is 22.6 Å². The zero-order chi connectivity index (χ0) is 17.8. The maximum atomic E-state index is 12.3. The number of anilines is 2. The number of halogens is 1. The molecular weight excluding hydrogens is 390 g/mol. The number of morpholine rings is 1. The van der Waals surface area contributed by atoms with E-state index in [0.29, 0.717) is 23.4 Å².